The number of aryl methyl sites for hydroxylation is 1. The molecule has 1 aliphatic heterocycles. The summed E-state index contributed by atoms with van der Waals surface area (Å²) in [4.78, 5) is 11.2. The van der Waals surface area contributed by atoms with Gasteiger partial charge in [0.2, 0.25) is 5.95 Å². The Bertz CT molecular complexity index is 585. The zero-order valence-electron chi connectivity index (χ0n) is 13.4. The van der Waals surface area contributed by atoms with Crippen molar-refractivity contribution in [3.05, 3.63) is 35.9 Å². The average Bonchev–Trinajstić information content (AvgIpc) is 3.18. The van der Waals surface area contributed by atoms with Gasteiger partial charge in [-0.2, -0.15) is 5.10 Å². The molecule has 6 nitrogen and oxygen atoms in total. The molecular weight excluding hydrogens is 276 g/mol. The maximum atomic E-state index is 4.48. The highest BCUT2D eigenvalue weighted by molar-refractivity contribution is 5.30. The van der Waals surface area contributed by atoms with Crippen LogP contribution in [0, 0.1) is 6.92 Å². The van der Waals surface area contributed by atoms with Crippen LogP contribution in [-0.4, -0.2) is 38.9 Å². The summed E-state index contributed by atoms with van der Waals surface area (Å²) >= 11 is 0. The van der Waals surface area contributed by atoms with Crippen molar-refractivity contribution in [2.24, 2.45) is 0 Å². The van der Waals surface area contributed by atoms with Gasteiger partial charge in [0.05, 0.1) is 12.7 Å². The number of anilines is 1. The maximum absolute atomic E-state index is 4.48. The van der Waals surface area contributed by atoms with E-state index in [2.05, 4.69) is 45.3 Å². The van der Waals surface area contributed by atoms with Crippen LogP contribution in [0.5, 0.6) is 0 Å². The molecule has 3 heterocycles. The van der Waals surface area contributed by atoms with Crippen LogP contribution in [0.25, 0.3) is 0 Å². The zero-order chi connectivity index (χ0) is 15.4. The smallest absolute Gasteiger partial charge is 0.225 e. The molecule has 1 atom stereocenters. The minimum Gasteiger partial charge on any atom is -0.341 e. The summed E-state index contributed by atoms with van der Waals surface area (Å²) in [5, 5.41) is 7.80. The molecule has 2 aromatic rings. The van der Waals surface area contributed by atoms with Crippen LogP contribution in [0.15, 0.2) is 24.8 Å². The first-order valence-corrected chi connectivity index (χ1v) is 7.99. The minimum atomic E-state index is 0.345. The monoisotopic (exact) mass is 300 g/mol. The van der Waals surface area contributed by atoms with Gasteiger partial charge < -0.3 is 10.2 Å². The number of rotatable bonds is 6. The van der Waals surface area contributed by atoms with Gasteiger partial charge >= 0.3 is 0 Å². The Morgan fingerprint density at radius 3 is 2.55 bits per heavy atom. The molecule has 1 aliphatic rings. The molecule has 1 N–H and O–H groups in total. The molecule has 1 fully saturated rings. The summed E-state index contributed by atoms with van der Waals surface area (Å²) in [6, 6.07) is 0.345. The van der Waals surface area contributed by atoms with Crippen LogP contribution >= 0.6 is 0 Å². The van der Waals surface area contributed by atoms with Gasteiger partial charge in [0.1, 0.15) is 0 Å². The second-order valence-corrected chi connectivity index (χ2v) is 6.11. The highest BCUT2D eigenvalue weighted by atomic mass is 15.3. The van der Waals surface area contributed by atoms with Crippen molar-refractivity contribution in [2.75, 3.05) is 18.0 Å². The number of nitrogens with one attached hydrogen (secondary N) is 1. The van der Waals surface area contributed by atoms with E-state index in [1.165, 1.54) is 18.4 Å². The fourth-order valence-corrected chi connectivity index (χ4v) is 2.72. The predicted molar refractivity (Wildman–Crippen MR) is 86.7 cm³/mol. The van der Waals surface area contributed by atoms with Gasteiger partial charge in [0.15, 0.2) is 0 Å². The summed E-state index contributed by atoms with van der Waals surface area (Å²) in [5.41, 5.74) is 2.31. The second-order valence-electron chi connectivity index (χ2n) is 6.11. The molecule has 0 aliphatic carbocycles. The third-order valence-electron chi connectivity index (χ3n) is 3.96. The summed E-state index contributed by atoms with van der Waals surface area (Å²) in [6.07, 6.45) is 10.3. The van der Waals surface area contributed by atoms with Crippen molar-refractivity contribution in [2.45, 2.75) is 45.8 Å². The lowest BCUT2D eigenvalue weighted by Gasteiger charge is -2.16. The molecule has 0 aromatic carbocycles. The Labute approximate surface area is 131 Å². The van der Waals surface area contributed by atoms with Gasteiger partial charge in [-0.25, -0.2) is 9.97 Å². The Kier molecular flexibility index (Phi) is 4.68. The molecule has 2 aromatic heterocycles. The largest absolute Gasteiger partial charge is 0.341 e. The van der Waals surface area contributed by atoms with Crippen LogP contribution in [-0.2, 0) is 13.1 Å². The number of hydrogen-bond acceptors (Lipinski definition) is 5. The van der Waals surface area contributed by atoms with E-state index in [4.69, 9.17) is 0 Å². The molecular formula is C16H24N6. The van der Waals surface area contributed by atoms with E-state index in [0.29, 0.717) is 6.04 Å². The highest BCUT2D eigenvalue weighted by Crippen LogP contribution is 2.14. The molecule has 0 spiro atoms. The Morgan fingerprint density at radius 2 is 1.91 bits per heavy atom. The van der Waals surface area contributed by atoms with Crippen molar-refractivity contribution in [1.29, 1.82) is 0 Å². The molecule has 0 radical (unpaired) electrons. The van der Waals surface area contributed by atoms with Crippen LogP contribution in [0.1, 0.15) is 30.9 Å². The molecule has 0 saturated carbocycles. The van der Waals surface area contributed by atoms with E-state index in [9.17, 15) is 0 Å². The van der Waals surface area contributed by atoms with Gasteiger partial charge in [0.25, 0.3) is 0 Å². The predicted octanol–water partition coefficient (Wildman–Crippen LogP) is 1.76. The Balaban J connectivity index is 1.48. The number of aromatic nitrogens is 4. The number of hydrogen-bond donors (Lipinski definition) is 1. The molecule has 1 saturated heterocycles. The lowest BCUT2D eigenvalue weighted by Crippen LogP contribution is -2.30. The van der Waals surface area contributed by atoms with Crippen LogP contribution < -0.4 is 10.2 Å². The first-order chi connectivity index (χ1) is 10.7. The number of nitrogens with zero attached hydrogens (tertiary/aromatic N) is 5. The van der Waals surface area contributed by atoms with Crippen LogP contribution in [0.4, 0.5) is 5.95 Å². The Hall–Kier alpha value is -1.95. The van der Waals surface area contributed by atoms with Gasteiger partial charge in [-0.05, 0) is 32.3 Å². The first-order valence-electron chi connectivity index (χ1n) is 7.99. The molecule has 1 unspecified atom stereocenters. The average molecular weight is 300 g/mol. The highest BCUT2D eigenvalue weighted by Gasteiger charge is 2.14. The first kappa shape index (κ1) is 15.0. The lowest BCUT2D eigenvalue weighted by atomic mass is 10.3. The molecule has 0 amide bonds. The molecule has 22 heavy (non-hydrogen) atoms. The molecule has 0 bridgehead atoms. The second kappa shape index (κ2) is 6.87. The fourth-order valence-electron chi connectivity index (χ4n) is 2.72. The molecule has 3 rings (SSSR count). The topological polar surface area (TPSA) is 58.9 Å². The van der Waals surface area contributed by atoms with Crippen molar-refractivity contribution < 1.29 is 0 Å². The van der Waals surface area contributed by atoms with Crippen LogP contribution in [0.3, 0.4) is 0 Å². The van der Waals surface area contributed by atoms with E-state index < -0.39 is 0 Å². The van der Waals surface area contributed by atoms with Gasteiger partial charge in [-0.1, -0.05) is 0 Å². The lowest BCUT2D eigenvalue weighted by molar-refractivity contribution is 0.450. The quantitative estimate of drug-likeness (QED) is 0.881. The van der Waals surface area contributed by atoms with Crippen molar-refractivity contribution >= 4 is 5.95 Å². The van der Waals surface area contributed by atoms with E-state index in [-0.39, 0.29) is 0 Å². The zero-order valence-corrected chi connectivity index (χ0v) is 13.4. The van der Waals surface area contributed by atoms with Gasteiger partial charge in [-0.3, -0.25) is 4.68 Å². The van der Waals surface area contributed by atoms with E-state index in [1.807, 2.05) is 23.3 Å². The van der Waals surface area contributed by atoms with E-state index in [0.717, 1.165) is 37.7 Å². The van der Waals surface area contributed by atoms with Gasteiger partial charge in [0, 0.05) is 49.8 Å². The van der Waals surface area contributed by atoms with Crippen molar-refractivity contribution in [3.63, 3.8) is 0 Å². The maximum Gasteiger partial charge on any atom is 0.225 e. The van der Waals surface area contributed by atoms with E-state index in [1.54, 1.807) is 0 Å². The fraction of sp³-hybridized carbons (Fsp3) is 0.562. The standard InChI is InChI=1S/C16H24N6/c1-13-7-20-22(11-13)12-14(2)17-8-15-9-18-16(19-10-15)21-5-3-4-6-21/h7,9-11,14,17H,3-6,8,12H2,1-2H3. The third kappa shape index (κ3) is 3.82. The summed E-state index contributed by atoms with van der Waals surface area (Å²) in [5.74, 6) is 0.862. The minimum absolute atomic E-state index is 0.345. The third-order valence-corrected chi connectivity index (χ3v) is 3.96. The summed E-state index contributed by atoms with van der Waals surface area (Å²) in [7, 11) is 0. The van der Waals surface area contributed by atoms with Gasteiger partial charge in [-0.15, -0.1) is 0 Å². The molecule has 6 heteroatoms. The Morgan fingerprint density at radius 1 is 1.18 bits per heavy atom. The SMILES string of the molecule is Cc1cnn(CC(C)NCc2cnc(N3CCCC3)nc2)c1. The van der Waals surface area contributed by atoms with E-state index >= 15 is 0 Å². The van der Waals surface area contributed by atoms with Crippen molar-refractivity contribution in [1.82, 2.24) is 25.1 Å². The summed E-state index contributed by atoms with van der Waals surface area (Å²) in [6.45, 7) is 8.02. The summed E-state index contributed by atoms with van der Waals surface area (Å²) < 4.78 is 1.97. The normalized spacial score (nSPS) is 16.2. The van der Waals surface area contributed by atoms with Crippen LogP contribution in [0.2, 0.25) is 0 Å². The molecule has 118 valence electrons. The van der Waals surface area contributed by atoms with Crippen molar-refractivity contribution in [3.8, 4) is 0 Å².